The monoisotopic (exact) mass is 325 g/mol. The van der Waals surface area contributed by atoms with Crippen molar-refractivity contribution in [2.45, 2.75) is 25.6 Å². The zero-order chi connectivity index (χ0) is 15.7. The summed E-state index contributed by atoms with van der Waals surface area (Å²) in [7, 11) is 0. The van der Waals surface area contributed by atoms with Crippen molar-refractivity contribution in [3.63, 3.8) is 0 Å². The Balaban J connectivity index is 0.00000400. The van der Waals surface area contributed by atoms with Crippen LogP contribution in [0.2, 0.25) is 0 Å². The minimum Gasteiger partial charge on any atom is -0.323 e. The molecule has 0 heterocycles. The van der Waals surface area contributed by atoms with Crippen molar-refractivity contribution in [3.8, 4) is 6.07 Å². The standard InChI is InChI=1S/C12H11F4N3O.ClH/c1-11(2,18)10(20)19-8-4-3-7(13)9(6(8)5-17)12(14,15)16;/h3-4H,18H2,1-2H3,(H,19,20);1H. The van der Waals surface area contributed by atoms with Crippen LogP contribution < -0.4 is 11.1 Å². The molecule has 0 bridgehead atoms. The SMILES string of the molecule is CC(C)(N)C(=O)Nc1ccc(F)c(C(F)(F)F)c1C#N.Cl. The van der Waals surface area contributed by atoms with E-state index in [4.69, 9.17) is 11.0 Å². The molecule has 1 amide bonds. The van der Waals surface area contributed by atoms with Gasteiger partial charge in [-0.25, -0.2) is 4.39 Å². The predicted molar refractivity (Wildman–Crippen MR) is 70.3 cm³/mol. The van der Waals surface area contributed by atoms with Crippen molar-refractivity contribution < 1.29 is 22.4 Å². The average Bonchev–Trinajstić information content (AvgIpc) is 2.27. The number of nitrogens with zero attached hydrogens (tertiary/aromatic N) is 1. The van der Waals surface area contributed by atoms with E-state index in [2.05, 4.69) is 5.32 Å². The molecule has 1 aromatic rings. The van der Waals surface area contributed by atoms with Gasteiger partial charge in [0.2, 0.25) is 5.91 Å². The largest absolute Gasteiger partial charge is 0.420 e. The van der Waals surface area contributed by atoms with Crippen molar-refractivity contribution in [3.05, 3.63) is 29.1 Å². The topological polar surface area (TPSA) is 78.9 Å². The second-order valence-corrected chi connectivity index (χ2v) is 4.63. The summed E-state index contributed by atoms with van der Waals surface area (Å²) in [5.74, 6) is -2.38. The smallest absolute Gasteiger partial charge is 0.323 e. The number of amides is 1. The number of hydrogen-bond donors (Lipinski definition) is 2. The predicted octanol–water partition coefficient (Wildman–Crippen LogP) is 2.81. The van der Waals surface area contributed by atoms with Crippen LogP contribution in [-0.2, 0) is 11.0 Å². The number of anilines is 1. The van der Waals surface area contributed by atoms with Crippen LogP contribution in [-0.4, -0.2) is 11.4 Å². The maximum atomic E-state index is 13.3. The van der Waals surface area contributed by atoms with Gasteiger partial charge in [-0.3, -0.25) is 4.79 Å². The number of nitrogens with one attached hydrogen (secondary N) is 1. The summed E-state index contributed by atoms with van der Waals surface area (Å²) >= 11 is 0. The Bertz CT molecular complexity index is 588. The van der Waals surface area contributed by atoms with E-state index in [0.29, 0.717) is 6.07 Å². The lowest BCUT2D eigenvalue weighted by Gasteiger charge is -2.19. The van der Waals surface area contributed by atoms with Gasteiger partial charge in [0.25, 0.3) is 0 Å². The second-order valence-electron chi connectivity index (χ2n) is 4.63. The molecule has 116 valence electrons. The number of carbonyl (C=O) groups excluding carboxylic acids is 1. The van der Waals surface area contributed by atoms with Gasteiger partial charge in [0, 0.05) is 0 Å². The van der Waals surface area contributed by atoms with Crippen molar-refractivity contribution in [1.29, 1.82) is 5.26 Å². The summed E-state index contributed by atoms with van der Waals surface area (Å²) in [6.45, 7) is 2.67. The van der Waals surface area contributed by atoms with Crippen molar-refractivity contribution >= 4 is 24.0 Å². The maximum Gasteiger partial charge on any atom is 0.420 e. The number of benzene rings is 1. The van der Waals surface area contributed by atoms with E-state index in [1.165, 1.54) is 19.9 Å². The molecule has 0 saturated carbocycles. The minimum atomic E-state index is -5.05. The van der Waals surface area contributed by atoms with Crippen LogP contribution in [0.3, 0.4) is 0 Å². The third kappa shape index (κ3) is 4.31. The Morgan fingerprint density at radius 2 is 1.86 bits per heavy atom. The number of carbonyl (C=O) groups is 1. The number of nitriles is 1. The molecular formula is C12H12ClF4N3O. The lowest BCUT2D eigenvalue weighted by Crippen LogP contribution is -2.45. The number of halogens is 5. The fourth-order valence-corrected chi connectivity index (χ4v) is 1.36. The lowest BCUT2D eigenvalue weighted by molar-refractivity contribution is -0.140. The third-order valence-electron chi connectivity index (χ3n) is 2.38. The fourth-order valence-electron chi connectivity index (χ4n) is 1.36. The highest BCUT2D eigenvalue weighted by atomic mass is 35.5. The first-order valence-corrected chi connectivity index (χ1v) is 5.38. The van der Waals surface area contributed by atoms with Gasteiger partial charge in [0.15, 0.2) is 0 Å². The van der Waals surface area contributed by atoms with Crippen LogP contribution in [0.15, 0.2) is 12.1 Å². The molecule has 1 rings (SSSR count). The summed E-state index contributed by atoms with van der Waals surface area (Å²) in [5.41, 5.74) is 0.973. The average molecular weight is 326 g/mol. The van der Waals surface area contributed by atoms with Gasteiger partial charge in [-0.2, -0.15) is 18.4 Å². The van der Waals surface area contributed by atoms with Gasteiger partial charge in [-0.15, -0.1) is 12.4 Å². The van der Waals surface area contributed by atoms with Gasteiger partial charge in [-0.05, 0) is 26.0 Å². The van der Waals surface area contributed by atoms with Crippen LogP contribution in [0.4, 0.5) is 23.2 Å². The first kappa shape index (κ1) is 19.1. The fraction of sp³-hybridized carbons (Fsp3) is 0.333. The van der Waals surface area contributed by atoms with Crippen molar-refractivity contribution in [1.82, 2.24) is 0 Å². The molecular weight excluding hydrogens is 314 g/mol. The van der Waals surface area contributed by atoms with Crippen LogP contribution in [0.25, 0.3) is 0 Å². The number of alkyl halides is 3. The minimum absolute atomic E-state index is 0. The van der Waals surface area contributed by atoms with Gasteiger partial charge in [-0.1, -0.05) is 0 Å². The Morgan fingerprint density at radius 3 is 2.24 bits per heavy atom. The zero-order valence-electron chi connectivity index (χ0n) is 11.0. The first-order valence-electron chi connectivity index (χ1n) is 5.38. The zero-order valence-corrected chi connectivity index (χ0v) is 11.8. The van der Waals surface area contributed by atoms with Crippen LogP contribution in [0.1, 0.15) is 25.0 Å². The van der Waals surface area contributed by atoms with Gasteiger partial charge >= 0.3 is 6.18 Å². The molecule has 0 unspecified atom stereocenters. The highest BCUT2D eigenvalue weighted by Gasteiger charge is 2.38. The Labute approximate surface area is 124 Å². The molecule has 0 aliphatic heterocycles. The van der Waals surface area contributed by atoms with E-state index < -0.39 is 40.3 Å². The first-order chi connectivity index (χ1) is 8.98. The lowest BCUT2D eigenvalue weighted by atomic mass is 10.0. The number of nitrogens with two attached hydrogens (primary N) is 1. The molecule has 21 heavy (non-hydrogen) atoms. The van der Waals surface area contributed by atoms with E-state index in [1.807, 2.05) is 0 Å². The van der Waals surface area contributed by atoms with Crippen molar-refractivity contribution in [2.75, 3.05) is 5.32 Å². The van der Waals surface area contributed by atoms with E-state index in [1.54, 1.807) is 0 Å². The summed E-state index contributed by atoms with van der Waals surface area (Å²) in [5, 5.41) is 10.9. The quantitative estimate of drug-likeness (QED) is 0.821. The molecule has 3 N–H and O–H groups in total. The number of rotatable bonds is 2. The van der Waals surface area contributed by atoms with E-state index in [0.717, 1.165) is 6.07 Å². The Kier molecular flexibility index (Phi) is 5.73. The molecule has 0 radical (unpaired) electrons. The molecule has 9 heteroatoms. The Morgan fingerprint density at radius 1 is 1.33 bits per heavy atom. The summed E-state index contributed by atoms with van der Waals surface area (Å²) < 4.78 is 51.4. The van der Waals surface area contributed by atoms with Gasteiger partial charge in [0.1, 0.15) is 17.4 Å². The van der Waals surface area contributed by atoms with Gasteiger partial charge in [0.05, 0.1) is 16.8 Å². The second kappa shape index (κ2) is 6.28. The van der Waals surface area contributed by atoms with Gasteiger partial charge < -0.3 is 11.1 Å². The normalized spacial score (nSPS) is 11.3. The van der Waals surface area contributed by atoms with Crippen LogP contribution in [0, 0.1) is 17.1 Å². The van der Waals surface area contributed by atoms with Crippen LogP contribution >= 0.6 is 12.4 Å². The molecule has 0 fully saturated rings. The molecule has 4 nitrogen and oxygen atoms in total. The highest BCUT2D eigenvalue weighted by molar-refractivity contribution is 5.98. The molecule has 0 atom stereocenters. The molecule has 0 aliphatic carbocycles. The summed E-state index contributed by atoms with van der Waals surface area (Å²) in [6, 6.07) is 2.67. The Hall–Kier alpha value is -1.85. The van der Waals surface area contributed by atoms with E-state index in [-0.39, 0.29) is 12.4 Å². The molecule has 0 aromatic heterocycles. The van der Waals surface area contributed by atoms with Crippen LogP contribution in [0.5, 0.6) is 0 Å². The highest BCUT2D eigenvalue weighted by Crippen LogP contribution is 2.36. The third-order valence-corrected chi connectivity index (χ3v) is 2.38. The molecule has 1 aromatic carbocycles. The molecule has 0 spiro atoms. The summed E-state index contributed by atoms with van der Waals surface area (Å²) in [6.07, 6.45) is -5.05. The maximum absolute atomic E-state index is 13.3. The van der Waals surface area contributed by atoms with Crippen molar-refractivity contribution in [2.24, 2.45) is 5.73 Å². The molecule has 0 aliphatic rings. The van der Waals surface area contributed by atoms with E-state index >= 15 is 0 Å². The summed E-state index contributed by atoms with van der Waals surface area (Å²) in [4.78, 5) is 11.6. The number of hydrogen-bond acceptors (Lipinski definition) is 3. The molecule has 0 saturated heterocycles. The van der Waals surface area contributed by atoms with E-state index in [9.17, 15) is 22.4 Å².